The Morgan fingerprint density at radius 3 is 2.11 bits per heavy atom. The van der Waals surface area contributed by atoms with Gasteiger partial charge in [-0.05, 0) is 13.5 Å². The molecule has 0 aliphatic carbocycles. The summed E-state index contributed by atoms with van der Waals surface area (Å²) in [6.45, 7) is 5.27. The van der Waals surface area contributed by atoms with Crippen molar-refractivity contribution in [2.45, 2.75) is 19.4 Å². The van der Waals surface area contributed by atoms with E-state index in [0.29, 0.717) is 13.1 Å². The highest BCUT2D eigenvalue weighted by atomic mass is 19.2. The van der Waals surface area contributed by atoms with E-state index in [1.54, 1.807) is 6.92 Å². The molecule has 0 amide bonds. The highest BCUT2D eigenvalue weighted by molar-refractivity contribution is 5.29. The van der Waals surface area contributed by atoms with Crippen molar-refractivity contribution in [3.8, 4) is 5.75 Å². The maximum absolute atomic E-state index is 13.4. The van der Waals surface area contributed by atoms with Gasteiger partial charge in [-0.15, -0.1) is 0 Å². The monoisotopic (exact) mass is 263 g/mol. The molecule has 0 unspecified atom stereocenters. The predicted octanol–water partition coefficient (Wildman–Crippen LogP) is 2.72. The molecule has 0 saturated carbocycles. The SMILES string of the molecule is CCN1CC(C)(Oc2c(F)c(F)cc(F)c2F)C1. The fourth-order valence-electron chi connectivity index (χ4n) is 2.08. The second kappa shape index (κ2) is 4.42. The Kier molecular flexibility index (Phi) is 3.23. The van der Waals surface area contributed by atoms with E-state index in [1.165, 1.54) is 0 Å². The molecular weight excluding hydrogens is 250 g/mol. The Morgan fingerprint density at radius 2 is 1.67 bits per heavy atom. The lowest BCUT2D eigenvalue weighted by molar-refractivity contribution is -0.0651. The molecule has 0 radical (unpaired) electrons. The molecule has 100 valence electrons. The summed E-state index contributed by atoms with van der Waals surface area (Å²) in [5.41, 5.74) is -0.822. The van der Waals surface area contributed by atoms with Crippen molar-refractivity contribution in [3.63, 3.8) is 0 Å². The Morgan fingerprint density at radius 1 is 1.17 bits per heavy atom. The molecule has 1 aromatic rings. The first-order chi connectivity index (χ1) is 8.36. The number of rotatable bonds is 3. The molecule has 0 spiro atoms. The molecular formula is C12H13F4NO. The van der Waals surface area contributed by atoms with Crippen LogP contribution < -0.4 is 4.74 Å². The molecule has 1 fully saturated rings. The van der Waals surface area contributed by atoms with E-state index in [9.17, 15) is 17.6 Å². The second-order valence-corrected chi connectivity index (χ2v) is 4.65. The van der Waals surface area contributed by atoms with Crippen LogP contribution in [0.3, 0.4) is 0 Å². The first kappa shape index (κ1) is 13.1. The smallest absolute Gasteiger partial charge is 0.203 e. The average Bonchev–Trinajstić information content (AvgIpc) is 2.28. The molecule has 0 aromatic heterocycles. The van der Waals surface area contributed by atoms with Crippen LogP contribution in [0, 0.1) is 23.3 Å². The fourth-order valence-corrected chi connectivity index (χ4v) is 2.08. The summed E-state index contributed by atoms with van der Waals surface area (Å²) in [4.78, 5) is 1.98. The molecule has 2 rings (SSSR count). The minimum absolute atomic E-state index is 0.166. The van der Waals surface area contributed by atoms with E-state index >= 15 is 0 Å². The average molecular weight is 263 g/mol. The number of ether oxygens (including phenoxy) is 1. The summed E-state index contributed by atoms with van der Waals surface area (Å²) in [5.74, 6) is -6.89. The van der Waals surface area contributed by atoms with E-state index in [0.717, 1.165) is 6.54 Å². The van der Waals surface area contributed by atoms with Crippen LogP contribution in [-0.2, 0) is 0 Å². The third-order valence-electron chi connectivity index (χ3n) is 2.98. The van der Waals surface area contributed by atoms with E-state index < -0.39 is 34.6 Å². The molecule has 0 bridgehead atoms. The molecule has 1 aromatic carbocycles. The Balaban J connectivity index is 2.25. The number of likely N-dealkylation sites (tertiary alicyclic amines) is 1. The van der Waals surface area contributed by atoms with E-state index in [4.69, 9.17) is 4.74 Å². The van der Waals surface area contributed by atoms with Crippen LogP contribution in [0.15, 0.2) is 6.07 Å². The van der Waals surface area contributed by atoms with Crippen molar-refractivity contribution in [1.82, 2.24) is 4.90 Å². The number of hydrogen-bond acceptors (Lipinski definition) is 2. The molecule has 1 aliphatic rings. The summed E-state index contributed by atoms with van der Waals surface area (Å²) in [5, 5.41) is 0. The van der Waals surface area contributed by atoms with Crippen LogP contribution >= 0.6 is 0 Å². The largest absolute Gasteiger partial charge is 0.479 e. The topological polar surface area (TPSA) is 12.5 Å². The third kappa shape index (κ3) is 2.16. The number of benzene rings is 1. The Bertz CT molecular complexity index is 445. The molecule has 1 saturated heterocycles. The zero-order valence-corrected chi connectivity index (χ0v) is 10.1. The normalized spacial score (nSPS) is 18.6. The lowest BCUT2D eigenvalue weighted by Gasteiger charge is -2.47. The van der Waals surface area contributed by atoms with Crippen molar-refractivity contribution in [2.75, 3.05) is 19.6 Å². The fraction of sp³-hybridized carbons (Fsp3) is 0.500. The Hall–Kier alpha value is -1.30. The first-order valence-electron chi connectivity index (χ1n) is 5.60. The predicted molar refractivity (Wildman–Crippen MR) is 57.4 cm³/mol. The zero-order valence-electron chi connectivity index (χ0n) is 10.1. The summed E-state index contributed by atoms with van der Waals surface area (Å²) in [6, 6.07) is 0.166. The van der Waals surface area contributed by atoms with Gasteiger partial charge in [0.1, 0.15) is 5.60 Å². The van der Waals surface area contributed by atoms with Crippen molar-refractivity contribution >= 4 is 0 Å². The van der Waals surface area contributed by atoms with Gasteiger partial charge < -0.3 is 4.74 Å². The van der Waals surface area contributed by atoms with Crippen molar-refractivity contribution in [1.29, 1.82) is 0 Å². The van der Waals surface area contributed by atoms with E-state index in [-0.39, 0.29) is 6.07 Å². The first-order valence-corrected chi connectivity index (χ1v) is 5.60. The van der Waals surface area contributed by atoms with Crippen LogP contribution in [0.25, 0.3) is 0 Å². The van der Waals surface area contributed by atoms with Gasteiger partial charge >= 0.3 is 0 Å². The maximum atomic E-state index is 13.4. The highest BCUT2D eigenvalue weighted by Gasteiger charge is 2.41. The van der Waals surface area contributed by atoms with Gasteiger partial charge in [-0.3, -0.25) is 4.90 Å². The lowest BCUT2D eigenvalue weighted by Crippen LogP contribution is -2.63. The van der Waals surface area contributed by atoms with Crippen molar-refractivity contribution in [3.05, 3.63) is 29.3 Å². The third-order valence-corrected chi connectivity index (χ3v) is 2.98. The van der Waals surface area contributed by atoms with Crippen LogP contribution in [0.2, 0.25) is 0 Å². The van der Waals surface area contributed by atoms with Gasteiger partial charge in [0, 0.05) is 19.2 Å². The van der Waals surface area contributed by atoms with Gasteiger partial charge in [-0.1, -0.05) is 6.92 Å². The van der Waals surface area contributed by atoms with Crippen molar-refractivity contribution < 1.29 is 22.3 Å². The molecule has 0 N–H and O–H groups in total. The highest BCUT2D eigenvalue weighted by Crippen LogP contribution is 2.33. The maximum Gasteiger partial charge on any atom is 0.203 e. The number of halogens is 4. The quantitative estimate of drug-likeness (QED) is 0.614. The molecule has 18 heavy (non-hydrogen) atoms. The van der Waals surface area contributed by atoms with Crippen LogP contribution in [-0.4, -0.2) is 30.1 Å². The number of nitrogens with zero attached hydrogens (tertiary/aromatic N) is 1. The lowest BCUT2D eigenvalue weighted by atomic mass is 9.96. The molecule has 1 aliphatic heterocycles. The van der Waals surface area contributed by atoms with Gasteiger partial charge in [0.15, 0.2) is 17.4 Å². The van der Waals surface area contributed by atoms with Gasteiger partial charge in [-0.25, -0.2) is 8.78 Å². The van der Waals surface area contributed by atoms with Crippen LogP contribution in [0.5, 0.6) is 5.75 Å². The van der Waals surface area contributed by atoms with E-state index in [1.807, 2.05) is 11.8 Å². The molecule has 6 heteroatoms. The number of likely N-dealkylation sites (N-methyl/N-ethyl adjacent to an activating group) is 1. The Labute approximate surface area is 102 Å². The molecule has 0 atom stereocenters. The summed E-state index contributed by atoms with van der Waals surface area (Å²) < 4.78 is 57.9. The second-order valence-electron chi connectivity index (χ2n) is 4.65. The standard InChI is InChI=1S/C12H13F4NO/c1-3-17-5-12(2,6-17)18-11-9(15)7(13)4-8(14)10(11)16/h4H,3,5-6H2,1-2H3. The van der Waals surface area contributed by atoms with Crippen molar-refractivity contribution in [2.24, 2.45) is 0 Å². The van der Waals surface area contributed by atoms with Gasteiger partial charge in [0.25, 0.3) is 0 Å². The van der Waals surface area contributed by atoms with E-state index in [2.05, 4.69) is 0 Å². The summed E-state index contributed by atoms with van der Waals surface area (Å²) in [7, 11) is 0. The number of hydrogen-bond donors (Lipinski definition) is 0. The zero-order chi connectivity index (χ0) is 13.5. The molecule has 1 heterocycles. The molecule has 2 nitrogen and oxygen atoms in total. The van der Waals surface area contributed by atoms with Gasteiger partial charge in [-0.2, -0.15) is 8.78 Å². The summed E-state index contributed by atoms with van der Waals surface area (Å²) in [6.07, 6.45) is 0. The van der Waals surface area contributed by atoms with Gasteiger partial charge in [0.05, 0.1) is 0 Å². The minimum Gasteiger partial charge on any atom is -0.479 e. The van der Waals surface area contributed by atoms with Gasteiger partial charge in [0.2, 0.25) is 11.6 Å². The van der Waals surface area contributed by atoms with Crippen LogP contribution in [0.1, 0.15) is 13.8 Å². The minimum atomic E-state index is -1.50. The summed E-state index contributed by atoms with van der Waals surface area (Å²) >= 11 is 0. The van der Waals surface area contributed by atoms with Crippen LogP contribution in [0.4, 0.5) is 17.6 Å².